The van der Waals surface area contributed by atoms with Gasteiger partial charge < -0.3 is 0 Å². The molecule has 0 aromatic carbocycles. The zero-order valence-corrected chi connectivity index (χ0v) is 3.44. The zero-order valence-electron chi connectivity index (χ0n) is 3.44. The Bertz CT molecular complexity index is 47.5. The second kappa shape index (κ2) is 2.97. The van der Waals surface area contributed by atoms with Gasteiger partial charge in [-0.15, -0.1) is 0 Å². The summed E-state index contributed by atoms with van der Waals surface area (Å²) in [6.07, 6.45) is 0. The molecule has 0 aromatic rings. The fourth-order valence-electron chi connectivity index (χ4n) is 0.0589. The van der Waals surface area contributed by atoms with Gasteiger partial charge in [-0.2, -0.15) is 0 Å². The van der Waals surface area contributed by atoms with Crippen LogP contribution < -0.4 is 11.0 Å². The molecule has 3 radical (unpaired) electrons. The monoisotopic (exact) mass is 79.1 g/mol. The number of hydrogen-bond donors (Lipinski definition) is 2. The maximum atomic E-state index is 5.03. The minimum atomic E-state index is 0.288. The summed E-state index contributed by atoms with van der Waals surface area (Å²) in [6, 6.07) is 0. The molecule has 6 heavy (non-hydrogen) atoms. The van der Waals surface area contributed by atoms with Gasteiger partial charge in [0, 0.05) is 0 Å². The zero-order chi connectivity index (χ0) is 4.99. The van der Waals surface area contributed by atoms with Crippen molar-refractivity contribution in [3.05, 3.63) is 0 Å². The van der Waals surface area contributed by atoms with Crippen LogP contribution in [0.4, 0.5) is 0 Å². The molecule has 0 aliphatic rings. The minimum absolute atomic E-state index is 0.288. The molecule has 0 saturated heterocycles. The fraction of sp³-hybridized carbons (Fsp3) is 0.500. The molecular weight excluding hydrogens is 73.7 g/mol. The van der Waals surface area contributed by atoms with Crippen LogP contribution >= 0.6 is 0 Å². The van der Waals surface area contributed by atoms with Crippen LogP contribution in [0.25, 0.3) is 0 Å². The van der Waals surface area contributed by atoms with E-state index in [1.165, 1.54) is 0 Å². The second-order valence-corrected chi connectivity index (χ2v) is 0.874. The average molecular weight is 78.7 g/mol. The van der Waals surface area contributed by atoms with Gasteiger partial charge in [0.15, 0.2) is 0 Å². The molecule has 0 amide bonds. The van der Waals surface area contributed by atoms with E-state index in [1.54, 1.807) is 0 Å². The molecule has 4 heteroatoms. The number of rotatable bonds is 2. The summed E-state index contributed by atoms with van der Waals surface area (Å²) in [5.41, 5.74) is 5.38. The van der Waals surface area contributed by atoms with Crippen molar-refractivity contribution < 1.29 is 0 Å². The Morgan fingerprint density at radius 3 is 2.33 bits per heavy atom. The van der Waals surface area contributed by atoms with E-state index in [2.05, 4.69) is 5.23 Å². The molecule has 0 fully saturated rings. The average Bonchev–Trinajstić information content (AvgIpc) is 1.65. The van der Waals surface area contributed by atoms with Crippen molar-refractivity contribution in [1.29, 1.82) is 0 Å². The summed E-state index contributed by atoms with van der Waals surface area (Å²) >= 11 is 0. The molecule has 0 atom stereocenters. The molecule has 0 heterocycles. The van der Waals surface area contributed by atoms with Gasteiger partial charge in [-0.25, -0.2) is 0 Å². The third-order valence-corrected chi connectivity index (χ3v) is 0.405. The van der Waals surface area contributed by atoms with E-state index < -0.39 is 0 Å². The molecule has 29 valence electrons. The third kappa shape index (κ3) is 2.03. The number of nitrogens with one attached hydrogen (secondary N) is 1. The van der Waals surface area contributed by atoms with Crippen LogP contribution in [0.1, 0.15) is 0 Å². The summed E-state index contributed by atoms with van der Waals surface area (Å²) in [6.45, 7) is 0.288. The Balaban J connectivity index is 2.99. The van der Waals surface area contributed by atoms with Crippen LogP contribution in [-0.2, 0) is 0 Å². The Morgan fingerprint density at radius 1 is 1.83 bits per heavy atom. The molecule has 0 aliphatic carbocycles. The predicted molar refractivity (Wildman–Crippen MR) is 28.7 cm³/mol. The molecule has 3 N–H and O–H groups in total. The molecule has 0 spiro atoms. The maximum absolute atomic E-state index is 5.03. The van der Waals surface area contributed by atoms with Gasteiger partial charge in [0.05, 0.1) is 0 Å². The van der Waals surface area contributed by atoms with E-state index in [4.69, 9.17) is 21.2 Å². The third-order valence-electron chi connectivity index (χ3n) is 0.405. The van der Waals surface area contributed by atoms with Gasteiger partial charge in [-0.3, -0.25) is 0 Å². The van der Waals surface area contributed by atoms with Crippen LogP contribution in [-0.4, -0.2) is 27.6 Å². The normalized spacial score (nSPS) is 7.33. The topological polar surface area (TPSA) is 38.0 Å². The molecule has 0 unspecified atom stereocenters. The van der Waals surface area contributed by atoms with Crippen LogP contribution in [0.3, 0.4) is 0 Å². The standard InChI is InChI=1S/C2H5B2N2/c3-2(1-5)6-4/h6H,1,5H2. The van der Waals surface area contributed by atoms with E-state index in [0.29, 0.717) is 5.59 Å². The van der Waals surface area contributed by atoms with Crippen molar-refractivity contribution >= 4 is 21.1 Å². The number of nitrogens with two attached hydrogens (primary N) is 1. The van der Waals surface area contributed by atoms with Crippen LogP contribution in [0.5, 0.6) is 0 Å². The molecule has 0 saturated carbocycles. The van der Waals surface area contributed by atoms with Gasteiger partial charge >= 0.3 is 38.6 Å². The summed E-state index contributed by atoms with van der Waals surface area (Å²) in [5, 5.41) is 2.18. The Labute approximate surface area is 39.6 Å². The van der Waals surface area contributed by atoms with Crippen molar-refractivity contribution in [2.75, 3.05) is 6.54 Å². The second-order valence-electron chi connectivity index (χ2n) is 0.874. The van der Waals surface area contributed by atoms with Crippen LogP contribution in [0.15, 0.2) is 0 Å². The first-order valence-electron chi connectivity index (χ1n) is 1.59. The van der Waals surface area contributed by atoms with E-state index >= 15 is 0 Å². The van der Waals surface area contributed by atoms with Crippen molar-refractivity contribution in [3.63, 3.8) is 0 Å². The van der Waals surface area contributed by atoms with Gasteiger partial charge in [-0.1, -0.05) is 0 Å². The number of hydrogen-bond acceptors (Lipinski definition) is 2. The quantitative estimate of drug-likeness (QED) is 0.372. The van der Waals surface area contributed by atoms with Crippen molar-refractivity contribution in [1.82, 2.24) is 5.23 Å². The fourth-order valence-corrected chi connectivity index (χ4v) is 0.0589. The first kappa shape index (κ1) is 5.76. The Kier molecular flexibility index (Phi) is 2.85. The molecule has 0 aromatic heterocycles. The molecule has 0 aliphatic heterocycles. The predicted octanol–water partition coefficient (Wildman–Crippen LogP) is -2.08. The van der Waals surface area contributed by atoms with Gasteiger partial charge in [0.25, 0.3) is 0 Å². The molecule has 2 nitrogen and oxygen atoms in total. The SMILES string of the molecule is [B]NC(=[B])CN. The van der Waals surface area contributed by atoms with E-state index in [1.807, 2.05) is 0 Å². The van der Waals surface area contributed by atoms with Crippen molar-refractivity contribution in [3.8, 4) is 0 Å². The van der Waals surface area contributed by atoms with Gasteiger partial charge in [-0.05, 0) is 0 Å². The van der Waals surface area contributed by atoms with E-state index in [0.717, 1.165) is 0 Å². The summed E-state index contributed by atoms with van der Waals surface area (Å²) in [4.78, 5) is 0. The van der Waals surface area contributed by atoms with Gasteiger partial charge in [0.2, 0.25) is 0 Å². The first-order chi connectivity index (χ1) is 2.81. The summed E-state index contributed by atoms with van der Waals surface area (Å²) in [7, 11) is 9.82. The van der Waals surface area contributed by atoms with E-state index in [-0.39, 0.29) is 6.54 Å². The van der Waals surface area contributed by atoms with Gasteiger partial charge in [0.1, 0.15) is 0 Å². The van der Waals surface area contributed by atoms with Crippen LogP contribution in [0, 0.1) is 0 Å². The molecule has 0 bridgehead atoms. The van der Waals surface area contributed by atoms with Crippen molar-refractivity contribution in [2.45, 2.75) is 0 Å². The van der Waals surface area contributed by atoms with Crippen LogP contribution in [0.2, 0.25) is 0 Å². The molecular formula is C2H5B2N2. The van der Waals surface area contributed by atoms with E-state index in [9.17, 15) is 0 Å². The first-order valence-corrected chi connectivity index (χ1v) is 1.59. The Hall–Kier alpha value is -0.240. The summed E-state index contributed by atoms with van der Waals surface area (Å²) < 4.78 is 0. The Morgan fingerprint density at radius 2 is 2.33 bits per heavy atom. The molecule has 0 rings (SSSR count). The van der Waals surface area contributed by atoms with Crippen molar-refractivity contribution in [2.24, 2.45) is 5.73 Å². The summed E-state index contributed by atoms with van der Waals surface area (Å²) in [5.74, 6) is 0.